The summed E-state index contributed by atoms with van der Waals surface area (Å²) in [7, 11) is 0. The second-order valence-electron chi connectivity index (χ2n) is 6.86. The lowest BCUT2D eigenvalue weighted by molar-refractivity contribution is -0.305. The van der Waals surface area contributed by atoms with Gasteiger partial charge in [-0.1, -0.05) is 30.3 Å². The molecule has 0 saturated carbocycles. The van der Waals surface area contributed by atoms with Crippen LogP contribution in [0.15, 0.2) is 30.3 Å². The number of carbonyl (C=O) groups is 4. The number of carbonyl (C=O) groups excluding carboxylic acids is 4. The van der Waals surface area contributed by atoms with Gasteiger partial charge in [0.05, 0.1) is 6.61 Å². The summed E-state index contributed by atoms with van der Waals surface area (Å²) in [6.45, 7) is 4.50. The van der Waals surface area contributed by atoms with Gasteiger partial charge in [-0.3, -0.25) is 19.2 Å². The van der Waals surface area contributed by atoms with Crippen molar-refractivity contribution >= 4 is 23.9 Å². The summed E-state index contributed by atoms with van der Waals surface area (Å²) >= 11 is 0. The molecule has 0 amide bonds. The van der Waals surface area contributed by atoms with Gasteiger partial charge in [-0.25, -0.2) is 0 Å². The normalized spacial score (nSPS) is 25.2. The topological polar surface area (TPSA) is 124 Å². The van der Waals surface area contributed by atoms with Gasteiger partial charge in [-0.05, 0) is 5.56 Å². The van der Waals surface area contributed by atoms with E-state index in [4.69, 9.17) is 28.4 Å². The average Bonchev–Trinajstić information content (AvgIpc) is 2.67. The Morgan fingerprint density at radius 2 is 1.35 bits per heavy atom. The third kappa shape index (κ3) is 7.65. The standard InChI is InChI=1S/C21H26O10/c1-12(22)26-11-17-18(28-13(2)23)19(27-10-16-8-6-5-7-9-16)20(29-14(3)24)21(31-17)30-15(4)25/h5-9,17-21H,10-11H2,1-4H3/t17-,18-,19-,20+,21+/m1/s1. The zero-order valence-corrected chi connectivity index (χ0v) is 17.8. The molecule has 31 heavy (non-hydrogen) atoms. The summed E-state index contributed by atoms with van der Waals surface area (Å²) in [6.07, 6.45) is -5.83. The van der Waals surface area contributed by atoms with E-state index in [0.717, 1.165) is 12.5 Å². The van der Waals surface area contributed by atoms with Crippen LogP contribution in [-0.4, -0.2) is 61.2 Å². The molecule has 1 saturated heterocycles. The summed E-state index contributed by atoms with van der Waals surface area (Å²) in [5, 5.41) is 0. The SMILES string of the molecule is CC(=O)OC[C@H]1O[C@H](OC(C)=O)[C@@H](OC(C)=O)[C@H](OCc2ccccc2)[C@@H]1OC(C)=O. The summed E-state index contributed by atoms with van der Waals surface area (Å²) in [4.78, 5) is 46.4. The number of hydrogen-bond acceptors (Lipinski definition) is 10. The fourth-order valence-electron chi connectivity index (χ4n) is 3.08. The molecule has 10 heteroatoms. The van der Waals surface area contributed by atoms with Gasteiger partial charge in [0.1, 0.15) is 18.8 Å². The van der Waals surface area contributed by atoms with Crippen LogP contribution >= 0.6 is 0 Å². The van der Waals surface area contributed by atoms with Gasteiger partial charge in [0, 0.05) is 27.7 Å². The Kier molecular flexibility index (Phi) is 8.95. The van der Waals surface area contributed by atoms with Crippen LogP contribution in [0.5, 0.6) is 0 Å². The third-order valence-electron chi connectivity index (χ3n) is 4.21. The molecule has 1 aliphatic heterocycles. The monoisotopic (exact) mass is 438 g/mol. The van der Waals surface area contributed by atoms with Gasteiger partial charge in [-0.15, -0.1) is 0 Å². The lowest BCUT2D eigenvalue weighted by atomic mass is 9.98. The molecule has 170 valence electrons. The highest BCUT2D eigenvalue weighted by Gasteiger charge is 2.52. The molecule has 0 unspecified atom stereocenters. The molecule has 0 aromatic heterocycles. The van der Waals surface area contributed by atoms with E-state index in [-0.39, 0.29) is 13.2 Å². The predicted octanol–water partition coefficient (Wildman–Crippen LogP) is 1.29. The Bertz CT molecular complexity index is 778. The quantitative estimate of drug-likeness (QED) is 0.433. The third-order valence-corrected chi connectivity index (χ3v) is 4.21. The van der Waals surface area contributed by atoms with Crippen molar-refractivity contribution < 1.29 is 47.6 Å². The second kappa shape index (κ2) is 11.4. The molecule has 10 nitrogen and oxygen atoms in total. The largest absolute Gasteiger partial charge is 0.463 e. The zero-order valence-electron chi connectivity index (χ0n) is 17.8. The molecule has 0 radical (unpaired) electrons. The Balaban J connectivity index is 2.38. The minimum Gasteiger partial charge on any atom is -0.463 e. The van der Waals surface area contributed by atoms with Crippen LogP contribution in [0.2, 0.25) is 0 Å². The van der Waals surface area contributed by atoms with Crippen LogP contribution in [0.3, 0.4) is 0 Å². The molecule has 0 bridgehead atoms. The summed E-state index contributed by atoms with van der Waals surface area (Å²) in [5.41, 5.74) is 0.803. The van der Waals surface area contributed by atoms with Crippen molar-refractivity contribution in [2.24, 2.45) is 0 Å². The van der Waals surface area contributed by atoms with Crippen molar-refractivity contribution in [3.63, 3.8) is 0 Å². The van der Waals surface area contributed by atoms with Crippen LogP contribution in [-0.2, 0) is 54.2 Å². The second-order valence-corrected chi connectivity index (χ2v) is 6.86. The summed E-state index contributed by atoms with van der Waals surface area (Å²) in [6, 6.07) is 9.12. The molecule has 1 fully saturated rings. The van der Waals surface area contributed by atoms with Gasteiger partial charge in [-0.2, -0.15) is 0 Å². The Morgan fingerprint density at radius 1 is 0.774 bits per heavy atom. The molecule has 5 atom stereocenters. The first kappa shape index (κ1) is 24.3. The van der Waals surface area contributed by atoms with E-state index in [1.165, 1.54) is 20.8 Å². The minimum absolute atomic E-state index is 0.0775. The molecule has 2 rings (SSSR count). The van der Waals surface area contributed by atoms with Gasteiger partial charge >= 0.3 is 23.9 Å². The van der Waals surface area contributed by atoms with Crippen molar-refractivity contribution in [2.45, 2.75) is 65.0 Å². The summed E-state index contributed by atoms with van der Waals surface area (Å²) in [5.74, 6) is -2.61. The van der Waals surface area contributed by atoms with E-state index in [1.807, 2.05) is 30.3 Å². The molecule has 0 aliphatic carbocycles. The highest BCUT2D eigenvalue weighted by atomic mass is 16.7. The Labute approximate surface area is 179 Å². The number of ether oxygens (including phenoxy) is 6. The lowest BCUT2D eigenvalue weighted by Crippen LogP contribution is -2.62. The average molecular weight is 438 g/mol. The fraction of sp³-hybridized carbons (Fsp3) is 0.524. The van der Waals surface area contributed by atoms with E-state index in [9.17, 15) is 19.2 Å². The van der Waals surface area contributed by atoms with E-state index in [1.54, 1.807) is 0 Å². The van der Waals surface area contributed by atoms with Crippen LogP contribution in [0.25, 0.3) is 0 Å². The van der Waals surface area contributed by atoms with E-state index in [0.29, 0.717) is 0 Å². The van der Waals surface area contributed by atoms with E-state index < -0.39 is 54.6 Å². The Hall–Kier alpha value is -2.98. The predicted molar refractivity (Wildman–Crippen MR) is 103 cm³/mol. The molecule has 1 aromatic rings. The fourth-order valence-corrected chi connectivity index (χ4v) is 3.08. The van der Waals surface area contributed by atoms with Crippen LogP contribution < -0.4 is 0 Å². The van der Waals surface area contributed by atoms with Gasteiger partial charge < -0.3 is 28.4 Å². The molecular weight excluding hydrogens is 412 g/mol. The number of hydrogen-bond donors (Lipinski definition) is 0. The van der Waals surface area contributed by atoms with Gasteiger partial charge in [0.25, 0.3) is 0 Å². The van der Waals surface area contributed by atoms with E-state index >= 15 is 0 Å². The number of benzene rings is 1. The number of rotatable bonds is 8. The van der Waals surface area contributed by atoms with Crippen molar-refractivity contribution in [3.05, 3.63) is 35.9 Å². The van der Waals surface area contributed by atoms with Crippen LogP contribution in [0.4, 0.5) is 0 Å². The maximum Gasteiger partial charge on any atom is 0.305 e. The molecule has 0 spiro atoms. The summed E-state index contributed by atoms with van der Waals surface area (Å²) < 4.78 is 32.6. The Morgan fingerprint density at radius 3 is 1.90 bits per heavy atom. The molecule has 0 N–H and O–H groups in total. The number of esters is 4. The van der Waals surface area contributed by atoms with Crippen molar-refractivity contribution in [1.82, 2.24) is 0 Å². The van der Waals surface area contributed by atoms with Gasteiger partial charge in [0.2, 0.25) is 6.29 Å². The minimum atomic E-state index is -1.37. The molecule has 1 heterocycles. The van der Waals surface area contributed by atoms with Crippen molar-refractivity contribution in [1.29, 1.82) is 0 Å². The maximum absolute atomic E-state index is 11.8. The lowest BCUT2D eigenvalue weighted by Gasteiger charge is -2.44. The first-order valence-corrected chi connectivity index (χ1v) is 9.63. The smallest absolute Gasteiger partial charge is 0.305 e. The molecular formula is C21H26O10. The molecule has 1 aromatic carbocycles. The van der Waals surface area contributed by atoms with Gasteiger partial charge in [0.15, 0.2) is 12.2 Å². The van der Waals surface area contributed by atoms with E-state index in [2.05, 4.69) is 0 Å². The van der Waals surface area contributed by atoms with Crippen LogP contribution in [0.1, 0.15) is 33.3 Å². The first-order valence-electron chi connectivity index (χ1n) is 9.63. The van der Waals surface area contributed by atoms with Crippen molar-refractivity contribution in [3.8, 4) is 0 Å². The zero-order chi connectivity index (χ0) is 23.0. The highest BCUT2D eigenvalue weighted by molar-refractivity contribution is 5.68. The highest BCUT2D eigenvalue weighted by Crippen LogP contribution is 2.30. The van der Waals surface area contributed by atoms with Crippen molar-refractivity contribution in [2.75, 3.05) is 6.61 Å². The van der Waals surface area contributed by atoms with Crippen LogP contribution in [0, 0.1) is 0 Å². The maximum atomic E-state index is 11.8. The molecule has 1 aliphatic rings. The first-order chi connectivity index (χ1) is 14.7.